The van der Waals surface area contributed by atoms with Crippen LogP contribution in [0.25, 0.3) is 0 Å². The van der Waals surface area contributed by atoms with Gasteiger partial charge in [0.25, 0.3) is 0 Å². The summed E-state index contributed by atoms with van der Waals surface area (Å²) in [5, 5.41) is 20.4. The van der Waals surface area contributed by atoms with Crippen molar-refractivity contribution in [2.75, 3.05) is 0 Å². The Morgan fingerprint density at radius 1 is 0.906 bits per heavy atom. The summed E-state index contributed by atoms with van der Waals surface area (Å²) in [5.74, 6) is 3.48. The van der Waals surface area contributed by atoms with Crippen molar-refractivity contribution < 1.29 is 23.4 Å². The van der Waals surface area contributed by atoms with Gasteiger partial charge in [-0.1, -0.05) is 27.7 Å². The first-order valence-corrected chi connectivity index (χ1v) is 13.3. The van der Waals surface area contributed by atoms with Crippen LogP contribution in [-0.4, -0.2) is 28.1 Å². The molecule has 0 aliphatic heterocycles. The molecule has 0 heterocycles. The van der Waals surface area contributed by atoms with Crippen molar-refractivity contribution in [3.05, 3.63) is 0 Å². The minimum absolute atomic E-state index is 0.173. The third kappa shape index (κ3) is 4.06. The van der Waals surface area contributed by atoms with E-state index in [9.17, 15) is 23.4 Å². The monoisotopic (exact) mass is 458 g/mol. The summed E-state index contributed by atoms with van der Waals surface area (Å²) in [6.45, 7) is 9.19. The molecule has 0 amide bonds. The Bertz CT molecular complexity index is 680. The summed E-state index contributed by atoms with van der Waals surface area (Å²) in [6.07, 6.45) is 4.76. The molecule has 0 saturated heterocycles. The number of hydrogen-bond donors (Lipinski definition) is 2. The molecule has 0 aromatic rings. The van der Waals surface area contributed by atoms with Crippen molar-refractivity contribution in [2.45, 2.75) is 123 Å². The Morgan fingerprint density at radius 3 is 2.25 bits per heavy atom. The van der Waals surface area contributed by atoms with E-state index in [1.54, 1.807) is 0 Å². The number of halogens is 3. The molecule has 4 aliphatic rings. The third-order valence-corrected chi connectivity index (χ3v) is 11.5. The van der Waals surface area contributed by atoms with Crippen LogP contribution in [0.5, 0.6) is 0 Å². The van der Waals surface area contributed by atoms with E-state index in [-0.39, 0.29) is 17.8 Å². The molecule has 1 unspecified atom stereocenters. The minimum atomic E-state index is -4.50. The average molecular weight is 459 g/mol. The molecular formula is C27H45F3O2. The lowest BCUT2D eigenvalue weighted by Crippen LogP contribution is -2.56. The quantitative estimate of drug-likeness (QED) is 0.460. The summed E-state index contributed by atoms with van der Waals surface area (Å²) < 4.78 is 38.3. The second kappa shape index (κ2) is 8.43. The maximum Gasteiger partial charge on any atom is 0.414 e. The zero-order valence-corrected chi connectivity index (χ0v) is 20.6. The lowest BCUT2D eigenvalue weighted by Gasteiger charge is -2.62. The predicted octanol–water partition coefficient (Wildman–Crippen LogP) is 7.13. The summed E-state index contributed by atoms with van der Waals surface area (Å²) in [7, 11) is 0. The van der Waals surface area contributed by atoms with Crippen molar-refractivity contribution in [1.82, 2.24) is 0 Å². The largest absolute Gasteiger partial charge is 0.414 e. The summed E-state index contributed by atoms with van der Waals surface area (Å²) in [6, 6.07) is 0. The lowest BCUT2D eigenvalue weighted by molar-refractivity contribution is -0.206. The predicted molar refractivity (Wildman–Crippen MR) is 121 cm³/mol. The Labute approximate surface area is 192 Å². The number of fused-ring (bicyclic) bond motifs is 5. The Kier molecular flexibility index (Phi) is 6.54. The van der Waals surface area contributed by atoms with E-state index in [1.807, 2.05) is 0 Å². The Hall–Kier alpha value is -0.290. The van der Waals surface area contributed by atoms with Gasteiger partial charge in [0.05, 0.1) is 5.60 Å². The molecule has 0 aromatic carbocycles. The standard InChI is InChI=1S/C27H45F3O2/c1-5-26(32)15-14-24(3)18(16-26)7-8-19-21-10-9-20(25(21,4)13-12-22(19)24)17(2)6-11-23(31)27(28,29)30/h17-23,31-32H,5-16H2,1-4H3/t17-,18-,19+,20-,21+,22+,23-,24?,25-,26+/m1/s1. The maximum absolute atomic E-state index is 12.8. The Balaban J connectivity index is 1.45. The number of aliphatic hydroxyl groups is 2. The molecule has 0 radical (unpaired) electrons. The van der Waals surface area contributed by atoms with Crippen LogP contribution >= 0.6 is 0 Å². The van der Waals surface area contributed by atoms with E-state index >= 15 is 0 Å². The van der Waals surface area contributed by atoms with Gasteiger partial charge in [-0.25, -0.2) is 0 Å². The van der Waals surface area contributed by atoms with Crippen LogP contribution in [0.1, 0.15) is 105 Å². The molecule has 0 bridgehead atoms. The van der Waals surface area contributed by atoms with Gasteiger partial charge in [-0.3, -0.25) is 0 Å². The molecular weight excluding hydrogens is 413 g/mol. The highest BCUT2D eigenvalue weighted by atomic mass is 19.4. The number of alkyl halides is 3. The molecule has 186 valence electrons. The maximum atomic E-state index is 12.8. The van der Waals surface area contributed by atoms with Crippen LogP contribution < -0.4 is 0 Å². The molecule has 2 nitrogen and oxygen atoms in total. The smallest absolute Gasteiger partial charge is 0.390 e. The van der Waals surface area contributed by atoms with Gasteiger partial charge in [0.2, 0.25) is 0 Å². The van der Waals surface area contributed by atoms with Gasteiger partial charge in [0, 0.05) is 0 Å². The first kappa shape index (κ1) is 24.8. The van der Waals surface area contributed by atoms with E-state index in [0.29, 0.717) is 29.6 Å². The van der Waals surface area contributed by atoms with Crippen LogP contribution in [0.3, 0.4) is 0 Å². The highest BCUT2D eigenvalue weighted by Gasteiger charge is 2.61. The van der Waals surface area contributed by atoms with Crippen LogP contribution in [0.15, 0.2) is 0 Å². The number of hydrogen-bond acceptors (Lipinski definition) is 2. The van der Waals surface area contributed by atoms with Gasteiger partial charge in [-0.2, -0.15) is 13.2 Å². The van der Waals surface area contributed by atoms with Gasteiger partial charge in [0.15, 0.2) is 0 Å². The Morgan fingerprint density at radius 2 is 1.59 bits per heavy atom. The zero-order valence-electron chi connectivity index (χ0n) is 20.6. The van der Waals surface area contributed by atoms with Gasteiger partial charge < -0.3 is 10.2 Å². The molecule has 32 heavy (non-hydrogen) atoms. The normalized spacial score (nSPS) is 48.5. The van der Waals surface area contributed by atoms with Crippen molar-refractivity contribution >= 4 is 0 Å². The fourth-order valence-electron chi connectivity index (χ4n) is 9.40. The third-order valence-electron chi connectivity index (χ3n) is 11.5. The van der Waals surface area contributed by atoms with Gasteiger partial charge in [-0.15, -0.1) is 0 Å². The molecule has 4 rings (SSSR count). The van der Waals surface area contributed by atoms with Crippen molar-refractivity contribution in [1.29, 1.82) is 0 Å². The first-order valence-electron chi connectivity index (χ1n) is 13.3. The molecule has 4 aliphatic carbocycles. The van der Waals surface area contributed by atoms with E-state index < -0.39 is 17.9 Å². The van der Waals surface area contributed by atoms with Crippen LogP contribution in [0, 0.1) is 46.3 Å². The second-order valence-corrected chi connectivity index (χ2v) is 12.8. The molecule has 4 fully saturated rings. The average Bonchev–Trinajstić information content (AvgIpc) is 3.09. The highest BCUT2D eigenvalue weighted by Crippen LogP contribution is 2.69. The molecule has 10 atom stereocenters. The van der Waals surface area contributed by atoms with Crippen LogP contribution in [0.2, 0.25) is 0 Å². The SMILES string of the molecule is CC[C@]1(O)CCC2(C)[C@H](CC[C@@H]3[C@@H]2CC[C@]2(C)[C@@H]([C@H](C)CC[C@@H](O)C(F)(F)F)CC[C@@H]32)C1. The molecule has 0 spiro atoms. The van der Waals surface area contributed by atoms with E-state index in [0.717, 1.165) is 43.9 Å². The summed E-state index contributed by atoms with van der Waals surface area (Å²) in [5.41, 5.74) is 0.104. The fourth-order valence-corrected chi connectivity index (χ4v) is 9.40. The van der Waals surface area contributed by atoms with Gasteiger partial charge in [-0.05, 0) is 123 Å². The molecule has 5 heteroatoms. The van der Waals surface area contributed by atoms with Crippen molar-refractivity contribution in [3.63, 3.8) is 0 Å². The summed E-state index contributed by atoms with van der Waals surface area (Å²) in [4.78, 5) is 0. The van der Waals surface area contributed by atoms with Crippen LogP contribution in [0.4, 0.5) is 13.2 Å². The second-order valence-electron chi connectivity index (χ2n) is 12.8. The van der Waals surface area contributed by atoms with Crippen molar-refractivity contribution in [2.24, 2.45) is 46.3 Å². The lowest BCUT2D eigenvalue weighted by atomic mass is 9.43. The highest BCUT2D eigenvalue weighted by molar-refractivity contribution is 5.10. The number of aliphatic hydroxyl groups excluding tert-OH is 1. The van der Waals surface area contributed by atoms with Gasteiger partial charge >= 0.3 is 6.18 Å². The van der Waals surface area contributed by atoms with E-state index in [4.69, 9.17) is 0 Å². The molecule has 2 N–H and O–H groups in total. The fraction of sp³-hybridized carbons (Fsp3) is 1.00. The van der Waals surface area contributed by atoms with E-state index in [1.165, 1.54) is 32.1 Å². The van der Waals surface area contributed by atoms with E-state index in [2.05, 4.69) is 27.7 Å². The topological polar surface area (TPSA) is 40.5 Å². The van der Waals surface area contributed by atoms with Crippen molar-refractivity contribution in [3.8, 4) is 0 Å². The zero-order chi connectivity index (χ0) is 23.5. The molecule has 4 saturated carbocycles. The van der Waals surface area contributed by atoms with Gasteiger partial charge in [0.1, 0.15) is 6.10 Å². The number of rotatable bonds is 5. The summed E-state index contributed by atoms with van der Waals surface area (Å²) >= 11 is 0. The minimum Gasteiger partial charge on any atom is -0.390 e. The first-order chi connectivity index (χ1) is 14.8. The molecule has 0 aromatic heterocycles. The van der Waals surface area contributed by atoms with Crippen LogP contribution in [-0.2, 0) is 0 Å².